The minimum Gasteiger partial charge on any atom is -0.377 e. The van der Waals surface area contributed by atoms with E-state index in [0.717, 1.165) is 11.5 Å². The molecule has 6 nitrogen and oxygen atoms in total. The first kappa shape index (κ1) is 14.6. The summed E-state index contributed by atoms with van der Waals surface area (Å²) in [7, 11) is 0. The van der Waals surface area contributed by atoms with Crippen LogP contribution in [-0.2, 0) is 13.1 Å². The normalized spacial score (nSPS) is 11.1. The summed E-state index contributed by atoms with van der Waals surface area (Å²) in [6.45, 7) is 6.81. The third-order valence-corrected chi connectivity index (χ3v) is 3.02. The molecule has 0 saturated carbocycles. The van der Waals surface area contributed by atoms with Gasteiger partial charge in [0.05, 0.1) is 18.4 Å². The first-order valence-electron chi connectivity index (χ1n) is 6.39. The van der Waals surface area contributed by atoms with Crippen molar-refractivity contribution in [3.05, 3.63) is 39.1 Å². The second kappa shape index (κ2) is 6.09. The van der Waals surface area contributed by atoms with Crippen LogP contribution >= 0.6 is 11.6 Å². The van der Waals surface area contributed by atoms with E-state index < -0.39 is 0 Å². The molecule has 2 aromatic rings. The molecule has 2 aromatic heterocycles. The lowest BCUT2D eigenvalue weighted by molar-refractivity contribution is 0.391. The van der Waals surface area contributed by atoms with Gasteiger partial charge in [-0.1, -0.05) is 30.6 Å². The molecule has 0 amide bonds. The van der Waals surface area contributed by atoms with E-state index in [9.17, 15) is 4.79 Å². The molecule has 0 unspecified atom stereocenters. The van der Waals surface area contributed by atoms with E-state index in [1.165, 1.54) is 4.68 Å². The predicted octanol–water partition coefficient (Wildman–Crippen LogP) is 2.46. The molecular weight excluding hydrogens is 280 g/mol. The van der Waals surface area contributed by atoms with Crippen molar-refractivity contribution >= 4 is 17.3 Å². The second-order valence-corrected chi connectivity index (χ2v) is 5.41. The van der Waals surface area contributed by atoms with Gasteiger partial charge in [-0.3, -0.25) is 4.79 Å². The van der Waals surface area contributed by atoms with E-state index >= 15 is 0 Å². The highest BCUT2D eigenvalue weighted by Crippen LogP contribution is 2.16. The fraction of sp³-hybridized carbons (Fsp3) is 0.462. The van der Waals surface area contributed by atoms with Crippen molar-refractivity contribution in [2.24, 2.45) is 5.92 Å². The van der Waals surface area contributed by atoms with E-state index in [4.69, 9.17) is 16.1 Å². The molecule has 1 N–H and O–H groups in total. The summed E-state index contributed by atoms with van der Waals surface area (Å²) >= 11 is 6.07. The van der Waals surface area contributed by atoms with Crippen LogP contribution in [0.15, 0.2) is 21.6 Å². The van der Waals surface area contributed by atoms with Crippen LogP contribution in [0.3, 0.4) is 0 Å². The molecule has 0 atom stereocenters. The summed E-state index contributed by atoms with van der Waals surface area (Å²) in [6.07, 6.45) is 1.55. The molecule has 0 saturated heterocycles. The SMILES string of the molecule is Cc1cc(CNc2cnn(CC(C)C)c(=O)c2Cl)no1. The molecule has 7 heteroatoms. The summed E-state index contributed by atoms with van der Waals surface area (Å²) < 4.78 is 6.34. The van der Waals surface area contributed by atoms with Crippen molar-refractivity contribution in [3.63, 3.8) is 0 Å². The maximum Gasteiger partial charge on any atom is 0.287 e. The first-order valence-corrected chi connectivity index (χ1v) is 6.77. The van der Waals surface area contributed by atoms with E-state index in [2.05, 4.69) is 15.6 Å². The van der Waals surface area contributed by atoms with Crippen molar-refractivity contribution in [3.8, 4) is 0 Å². The maximum absolute atomic E-state index is 12.0. The molecule has 20 heavy (non-hydrogen) atoms. The molecule has 0 aliphatic rings. The van der Waals surface area contributed by atoms with E-state index in [1.54, 1.807) is 6.20 Å². The lowest BCUT2D eigenvalue weighted by Gasteiger charge is -2.10. The highest BCUT2D eigenvalue weighted by molar-refractivity contribution is 6.32. The average molecular weight is 297 g/mol. The summed E-state index contributed by atoms with van der Waals surface area (Å²) in [5, 5.41) is 11.1. The van der Waals surface area contributed by atoms with E-state index in [-0.39, 0.29) is 10.6 Å². The minimum atomic E-state index is -0.290. The summed E-state index contributed by atoms with van der Waals surface area (Å²) in [4.78, 5) is 12.0. The van der Waals surface area contributed by atoms with Crippen LogP contribution in [-0.4, -0.2) is 14.9 Å². The smallest absolute Gasteiger partial charge is 0.287 e. The van der Waals surface area contributed by atoms with Crippen molar-refractivity contribution in [2.75, 3.05) is 5.32 Å². The Bertz CT molecular complexity index is 648. The van der Waals surface area contributed by atoms with Crippen LogP contribution in [0, 0.1) is 12.8 Å². The Morgan fingerprint density at radius 1 is 1.50 bits per heavy atom. The Labute approximate surface area is 121 Å². The molecule has 0 radical (unpaired) electrons. The largest absolute Gasteiger partial charge is 0.377 e. The zero-order valence-corrected chi connectivity index (χ0v) is 12.4. The number of anilines is 1. The summed E-state index contributed by atoms with van der Waals surface area (Å²) in [5.41, 5.74) is 0.948. The third-order valence-electron chi connectivity index (χ3n) is 2.66. The number of hydrogen-bond donors (Lipinski definition) is 1. The highest BCUT2D eigenvalue weighted by atomic mass is 35.5. The van der Waals surface area contributed by atoms with Crippen molar-refractivity contribution in [2.45, 2.75) is 33.9 Å². The zero-order valence-electron chi connectivity index (χ0n) is 11.7. The monoisotopic (exact) mass is 296 g/mol. The topological polar surface area (TPSA) is 73.0 Å². The molecule has 2 rings (SSSR count). The van der Waals surface area contributed by atoms with E-state index in [1.807, 2.05) is 26.8 Å². The van der Waals surface area contributed by atoms with Gasteiger partial charge in [-0.15, -0.1) is 0 Å². The number of rotatable bonds is 5. The second-order valence-electron chi connectivity index (χ2n) is 5.04. The molecule has 0 fully saturated rings. The van der Waals surface area contributed by atoms with Crippen molar-refractivity contribution in [1.82, 2.24) is 14.9 Å². The summed E-state index contributed by atoms with van der Waals surface area (Å²) in [6, 6.07) is 1.81. The van der Waals surface area contributed by atoms with Gasteiger partial charge in [-0.25, -0.2) is 4.68 Å². The van der Waals surface area contributed by atoms with E-state index in [0.29, 0.717) is 24.7 Å². The summed E-state index contributed by atoms with van der Waals surface area (Å²) in [5.74, 6) is 1.06. The standard InChI is InChI=1S/C13H17ClN4O2/c1-8(2)7-18-13(19)12(14)11(6-16-18)15-5-10-4-9(3)20-17-10/h4,6,8,15H,5,7H2,1-3H3. The van der Waals surface area contributed by atoms with Crippen molar-refractivity contribution < 1.29 is 4.52 Å². The Morgan fingerprint density at radius 2 is 2.25 bits per heavy atom. The molecule has 0 spiro atoms. The van der Waals surface area contributed by atoms with Crippen LogP contribution in [0.25, 0.3) is 0 Å². The fourth-order valence-corrected chi connectivity index (χ4v) is 1.96. The number of nitrogens with zero attached hydrogens (tertiary/aromatic N) is 3. The first-order chi connectivity index (χ1) is 9.47. The molecule has 2 heterocycles. The number of hydrogen-bond acceptors (Lipinski definition) is 5. The van der Waals surface area contributed by atoms with Crippen LogP contribution < -0.4 is 10.9 Å². The Balaban J connectivity index is 2.13. The molecular formula is C13H17ClN4O2. The molecule has 0 aliphatic heterocycles. The van der Waals surface area contributed by atoms with Gasteiger partial charge < -0.3 is 9.84 Å². The van der Waals surface area contributed by atoms with Gasteiger partial charge in [0.1, 0.15) is 16.5 Å². The van der Waals surface area contributed by atoms with Crippen molar-refractivity contribution in [1.29, 1.82) is 0 Å². The lowest BCUT2D eigenvalue weighted by Crippen LogP contribution is -2.26. The molecule has 108 valence electrons. The van der Waals surface area contributed by atoms with Gasteiger partial charge in [0, 0.05) is 12.6 Å². The van der Waals surface area contributed by atoms with Gasteiger partial charge in [0.2, 0.25) is 0 Å². The quantitative estimate of drug-likeness (QED) is 0.917. The Morgan fingerprint density at radius 3 is 2.85 bits per heavy atom. The molecule has 0 bridgehead atoms. The lowest BCUT2D eigenvalue weighted by atomic mass is 10.2. The Kier molecular flexibility index (Phi) is 4.44. The fourth-order valence-electron chi connectivity index (χ4n) is 1.75. The number of halogens is 1. The number of aryl methyl sites for hydroxylation is 1. The van der Waals surface area contributed by atoms with Crippen LogP contribution in [0.4, 0.5) is 5.69 Å². The van der Waals surface area contributed by atoms with Crippen LogP contribution in [0.1, 0.15) is 25.3 Å². The van der Waals surface area contributed by atoms with Gasteiger partial charge >= 0.3 is 0 Å². The maximum atomic E-state index is 12.0. The predicted molar refractivity (Wildman–Crippen MR) is 76.9 cm³/mol. The van der Waals surface area contributed by atoms with Crippen LogP contribution in [0.5, 0.6) is 0 Å². The molecule has 0 aliphatic carbocycles. The van der Waals surface area contributed by atoms with Gasteiger partial charge in [0.25, 0.3) is 5.56 Å². The highest BCUT2D eigenvalue weighted by Gasteiger charge is 2.10. The number of aromatic nitrogens is 3. The van der Waals surface area contributed by atoms with Gasteiger partial charge in [-0.2, -0.15) is 5.10 Å². The molecule has 0 aromatic carbocycles. The third kappa shape index (κ3) is 3.39. The Hall–Kier alpha value is -1.82. The van der Waals surface area contributed by atoms with Gasteiger partial charge in [0.15, 0.2) is 0 Å². The zero-order chi connectivity index (χ0) is 14.7. The van der Waals surface area contributed by atoms with Gasteiger partial charge in [-0.05, 0) is 12.8 Å². The minimum absolute atomic E-state index is 0.140. The van der Waals surface area contributed by atoms with Crippen LogP contribution in [0.2, 0.25) is 5.02 Å². The average Bonchev–Trinajstić information content (AvgIpc) is 2.79. The number of nitrogens with one attached hydrogen (secondary N) is 1.